The van der Waals surface area contributed by atoms with Crippen LogP contribution in [0.15, 0.2) is 48.5 Å². The molecule has 1 N–H and O–H groups in total. The van der Waals surface area contributed by atoms with Crippen LogP contribution in [-0.2, 0) is 10.2 Å². The number of nitrogens with one attached hydrogen (secondary N) is 1. The molecule has 0 aliphatic carbocycles. The maximum atomic E-state index is 13.9. The van der Waals surface area contributed by atoms with Crippen molar-refractivity contribution >= 4 is 27.3 Å². The van der Waals surface area contributed by atoms with Crippen LogP contribution in [0.3, 0.4) is 0 Å². The second-order valence-electron chi connectivity index (χ2n) is 6.36. The van der Waals surface area contributed by atoms with E-state index >= 15 is 0 Å². The first-order valence-electron chi connectivity index (χ1n) is 8.41. The van der Waals surface area contributed by atoms with Gasteiger partial charge < -0.3 is 9.80 Å². The van der Waals surface area contributed by atoms with Gasteiger partial charge in [0.15, 0.2) is 0 Å². The van der Waals surface area contributed by atoms with Crippen LogP contribution in [0.1, 0.15) is 0 Å². The van der Waals surface area contributed by atoms with Crippen molar-refractivity contribution in [1.82, 2.24) is 4.31 Å². The Morgan fingerprint density at radius 2 is 1.50 bits per heavy atom. The minimum Gasteiger partial charge on any atom is -0.368 e. The topological polar surface area (TPSA) is 55.9 Å². The third-order valence-electron chi connectivity index (χ3n) is 4.43. The van der Waals surface area contributed by atoms with Gasteiger partial charge in [0.25, 0.3) is 0 Å². The van der Waals surface area contributed by atoms with Crippen molar-refractivity contribution in [2.75, 3.05) is 54.8 Å². The predicted octanol–water partition coefficient (Wildman–Crippen LogP) is 2.37. The van der Waals surface area contributed by atoms with Crippen molar-refractivity contribution in [3.8, 4) is 0 Å². The highest BCUT2D eigenvalue weighted by Crippen LogP contribution is 2.24. The Bertz CT molecular complexity index is 848. The van der Waals surface area contributed by atoms with Crippen molar-refractivity contribution < 1.29 is 12.8 Å². The molecule has 1 aliphatic rings. The summed E-state index contributed by atoms with van der Waals surface area (Å²) in [6, 6.07) is 14.1. The van der Waals surface area contributed by atoms with Crippen molar-refractivity contribution in [3.63, 3.8) is 0 Å². The number of hydrogen-bond donors (Lipinski definition) is 1. The molecule has 2 aromatic rings. The molecule has 0 unspecified atom stereocenters. The molecule has 1 aliphatic heterocycles. The van der Waals surface area contributed by atoms with Gasteiger partial charge in [-0.3, -0.25) is 4.72 Å². The molecule has 1 fully saturated rings. The normalized spacial score (nSPS) is 15.4. The number of benzene rings is 2. The lowest BCUT2D eigenvalue weighted by Crippen LogP contribution is -2.46. The molecule has 6 nitrogen and oxygen atoms in total. The molecule has 0 bridgehead atoms. The lowest BCUT2D eigenvalue weighted by atomic mass is 10.2. The molecular formula is C18H23FN4O2S. The van der Waals surface area contributed by atoms with E-state index in [1.807, 2.05) is 23.1 Å². The van der Waals surface area contributed by atoms with E-state index in [1.165, 1.54) is 20.2 Å². The van der Waals surface area contributed by atoms with Crippen LogP contribution >= 0.6 is 0 Å². The molecule has 3 rings (SSSR count). The standard InChI is InChI=1S/C18H23FN4O2S/c1-21(2)26(24,25)20-15-7-9-16(10-8-15)22-11-13-23(14-12-22)18-6-4-3-5-17(18)19/h3-10,20H,11-14H2,1-2H3. The Balaban J connectivity index is 1.62. The van der Waals surface area contributed by atoms with Crippen molar-refractivity contribution in [2.45, 2.75) is 0 Å². The van der Waals surface area contributed by atoms with Crippen molar-refractivity contribution in [1.29, 1.82) is 0 Å². The van der Waals surface area contributed by atoms with Gasteiger partial charge in [-0.1, -0.05) is 12.1 Å². The highest BCUT2D eigenvalue weighted by Gasteiger charge is 2.20. The number of para-hydroxylation sites is 1. The molecule has 0 spiro atoms. The van der Waals surface area contributed by atoms with Crippen molar-refractivity contribution in [2.24, 2.45) is 0 Å². The number of anilines is 3. The molecule has 1 heterocycles. The summed E-state index contributed by atoms with van der Waals surface area (Å²) in [5.74, 6) is -0.196. The van der Waals surface area contributed by atoms with Gasteiger partial charge in [-0.25, -0.2) is 4.39 Å². The lowest BCUT2D eigenvalue weighted by molar-refractivity contribution is 0.527. The summed E-state index contributed by atoms with van der Waals surface area (Å²) in [5.41, 5.74) is 2.18. The fourth-order valence-corrected chi connectivity index (χ4v) is 3.51. The monoisotopic (exact) mass is 378 g/mol. The van der Waals surface area contributed by atoms with E-state index in [1.54, 1.807) is 24.3 Å². The summed E-state index contributed by atoms with van der Waals surface area (Å²) in [6.45, 7) is 3.01. The van der Waals surface area contributed by atoms with Crippen molar-refractivity contribution in [3.05, 3.63) is 54.3 Å². The maximum absolute atomic E-state index is 13.9. The van der Waals surface area contributed by atoms with Gasteiger partial charge in [0.05, 0.1) is 5.69 Å². The molecule has 0 radical (unpaired) electrons. The molecule has 0 aromatic heterocycles. The summed E-state index contributed by atoms with van der Waals surface area (Å²) in [6.07, 6.45) is 0. The number of halogens is 1. The van der Waals surface area contributed by atoms with Gasteiger partial charge >= 0.3 is 10.2 Å². The fourth-order valence-electron chi connectivity index (χ4n) is 2.89. The Hall–Kier alpha value is -2.32. The average Bonchev–Trinajstić information content (AvgIpc) is 2.63. The molecule has 0 amide bonds. The van der Waals surface area contributed by atoms with Gasteiger partial charge in [0.2, 0.25) is 0 Å². The molecule has 26 heavy (non-hydrogen) atoms. The Morgan fingerprint density at radius 1 is 0.923 bits per heavy atom. The van der Waals surface area contributed by atoms with E-state index in [4.69, 9.17) is 0 Å². The summed E-state index contributed by atoms with van der Waals surface area (Å²) < 4.78 is 41.3. The minimum absolute atomic E-state index is 0.196. The number of hydrogen-bond acceptors (Lipinski definition) is 4. The third kappa shape index (κ3) is 4.08. The average molecular weight is 378 g/mol. The predicted molar refractivity (Wildman–Crippen MR) is 103 cm³/mol. The second kappa shape index (κ2) is 7.51. The van der Waals surface area contributed by atoms with Gasteiger partial charge in [-0.2, -0.15) is 12.7 Å². The highest BCUT2D eigenvalue weighted by molar-refractivity contribution is 7.90. The van der Waals surface area contributed by atoms with E-state index in [9.17, 15) is 12.8 Å². The fraction of sp³-hybridized carbons (Fsp3) is 0.333. The molecule has 140 valence electrons. The largest absolute Gasteiger partial charge is 0.368 e. The van der Waals surface area contributed by atoms with Crippen LogP contribution in [0.5, 0.6) is 0 Å². The SMILES string of the molecule is CN(C)S(=O)(=O)Nc1ccc(N2CCN(c3ccccc3F)CC2)cc1. The van der Waals surface area contributed by atoms with Gasteiger partial charge in [-0.05, 0) is 36.4 Å². The smallest absolute Gasteiger partial charge is 0.301 e. The number of piperazine rings is 1. The minimum atomic E-state index is -3.50. The summed E-state index contributed by atoms with van der Waals surface area (Å²) in [5, 5.41) is 0. The Kier molecular flexibility index (Phi) is 5.33. The summed E-state index contributed by atoms with van der Waals surface area (Å²) >= 11 is 0. The van der Waals surface area contributed by atoms with E-state index in [0.717, 1.165) is 36.2 Å². The second-order valence-corrected chi connectivity index (χ2v) is 8.25. The van der Waals surface area contributed by atoms with E-state index < -0.39 is 10.2 Å². The number of nitrogens with zero attached hydrogens (tertiary/aromatic N) is 3. The highest BCUT2D eigenvalue weighted by atomic mass is 32.2. The van der Waals surface area contributed by atoms with Crippen LogP contribution in [0, 0.1) is 5.82 Å². The number of rotatable bonds is 5. The zero-order valence-corrected chi connectivity index (χ0v) is 15.7. The first kappa shape index (κ1) is 18.5. The molecule has 8 heteroatoms. The zero-order valence-electron chi connectivity index (χ0n) is 14.9. The Morgan fingerprint density at radius 3 is 2.08 bits per heavy atom. The van der Waals surface area contributed by atoms with E-state index in [2.05, 4.69) is 9.62 Å². The first-order valence-corrected chi connectivity index (χ1v) is 9.85. The molecule has 0 saturated carbocycles. The first-order chi connectivity index (χ1) is 12.4. The molecule has 0 atom stereocenters. The van der Waals surface area contributed by atoms with Gasteiger partial charge in [0, 0.05) is 51.6 Å². The third-order valence-corrected chi connectivity index (χ3v) is 5.89. The van der Waals surface area contributed by atoms with E-state index in [-0.39, 0.29) is 5.82 Å². The van der Waals surface area contributed by atoms with Gasteiger partial charge in [0.1, 0.15) is 5.82 Å². The van der Waals surface area contributed by atoms with Crippen LogP contribution in [0.25, 0.3) is 0 Å². The van der Waals surface area contributed by atoms with Crippen LogP contribution < -0.4 is 14.5 Å². The van der Waals surface area contributed by atoms with E-state index in [0.29, 0.717) is 11.4 Å². The molecule has 2 aromatic carbocycles. The lowest BCUT2D eigenvalue weighted by Gasteiger charge is -2.37. The van der Waals surface area contributed by atoms with Crippen LogP contribution in [0.4, 0.5) is 21.5 Å². The zero-order chi connectivity index (χ0) is 18.7. The summed E-state index contributed by atoms with van der Waals surface area (Å²) in [7, 11) is -0.548. The van der Waals surface area contributed by atoms with Crippen LogP contribution in [0.2, 0.25) is 0 Å². The molecular weight excluding hydrogens is 355 g/mol. The Labute approximate surface area is 154 Å². The maximum Gasteiger partial charge on any atom is 0.301 e. The molecule has 1 saturated heterocycles. The quantitative estimate of drug-likeness (QED) is 0.868. The summed E-state index contributed by atoms with van der Waals surface area (Å²) in [4.78, 5) is 4.26. The van der Waals surface area contributed by atoms with Gasteiger partial charge in [-0.15, -0.1) is 0 Å². The van der Waals surface area contributed by atoms with Crippen LogP contribution in [-0.4, -0.2) is 53.0 Å².